The van der Waals surface area contributed by atoms with Crippen molar-refractivity contribution in [3.8, 4) is 5.75 Å². The van der Waals surface area contributed by atoms with Gasteiger partial charge < -0.3 is 29.0 Å². The van der Waals surface area contributed by atoms with Crippen LogP contribution in [-0.2, 0) is 9.47 Å². The summed E-state index contributed by atoms with van der Waals surface area (Å²) in [4.78, 5) is 51.5. The number of hydrogen-bond acceptors (Lipinski definition) is 9. The van der Waals surface area contributed by atoms with E-state index in [0.29, 0.717) is 42.6 Å². The monoisotopic (exact) mass is 618 g/mol. The molecule has 3 aromatic rings. The number of imidazole rings is 1. The lowest BCUT2D eigenvalue weighted by atomic mass is 9.99. The van der Waals surface area contributed by atoms with Crippen LogP contribution in [0.2, 0.25) is 0 Å². The first-order chi connectivity index (χ1) is 20.7. The lowest BCUT2D eigenvalue weighted by Crippen LogP contribution is -2.44. The molecule has 1 saturated heterocycles. The van der Waals surface area contributed by atoms with Crippen molar-refractivity contribution in [1.29, 1.82) is 0 Å². The summed E-state index contributed by atoms with van der Waals surface area (Å²) in [6.45, 7) is 6.60. The van der Waals surface area contributed by atoms with Crippen molar-refractivity contribution in [3.63, 3.8) is 0 Å². The molecule has 0 spiro atoms. The van der Waals surface area contributed by atoms with Crippen LogP contribution >= 0.6 is 0 Å². The van der Waals surface area contributed by atoms with Crippen LogP contribution in [0.25, 0.3) is 16.7 Å². The Balaban J connectivity index is 1.32. The number of ether oxygens (including phenoxy) is 3. The first-order valence-electron chi connectivity index (χ1n) is 13.7. The molecule has 44 heavy (non-hydrogen) atoms. The second-order valence-corrected chi connectivity index (χ2v) is 11.2. The maximum absolute atomic E-state index is 13.2. The Labute approximate surface area is 248 Å². The number of carbonyl (C=O) groups excluding carboxylic acids is 2. The lowest BCUT2D eigenvalue weighted by Gasteiger charge is -2.33. The summed E-state index contributed by atoms with van der Waals surface area (Å²) >= 11 is 0. The van der Waals surface area contributed by atoms with Crippen molar-refractivity contribution < 1.29 is 41.9 Å². The summed E-state index contributed by atoms with van der Waals surface area (Å²) < 4.78 is 52.9. The molecule has 1 unspecified atom stereocenters. The number of aromatic amines is 1. The van der Waals surface area contributed by atoms with Crippen LogP contribution in [0.5, 0.6) is 5.75 Å². The number of rotatable bonds is 5. The van der Waals surface area contributed by atoms with Gasteiger partial charge in [-0.15, -0.1) is 13.2 Å². The minimum Gasteiger partial charge on any atom is -0.444 e. The average Bonchev–Trinajstić information content (AvgIpc) is 3.40. The molecule has 2 amide bonds. The highest BCUT2D eigenvalue weighted by Crippen LogP contribution is 2.33. The number of halogens is 3. The van der Waals surface area contributed by atoms with Gasteiger partial charge in [0.25, 0.3) is 11.6 Å². The number of nitro groups is 1. The fraction of sp³-hybridized carbons (Fsp3) is 0.429. The summed E-state index contributed by atoms with van der Waals surface area (Å²) in [5, 5.41) is 11.5. The van der Waals surface area contributed by atoms with Gasteiger partial charge in [-0.1, -0.05) is 6.08 Å². The van der Waals surface area contributed by atoms with E-state index in [1.54, 1.807) is 44.0 Å². The molecular weight excluding hydrogens is 589 g/mol. The third kappa shape index (κ3) is 6.90. The highest BCUT2D eigenvalue weighted by molar-refractivity contribution is 5.99. The number of nitrogens with zero attached hydrogens (tertiary/aromatic N) is 5. The van der Waals surface area contributed by atoms with E-state index in [1.165, 1.54) is 4.90 Å². The van der Waals surface area contributed by atoms with Gasteiger partial charge in [0, 0.05) is 31.4 Å². The Hall–Kier alpha value is -4.73. The maximum Gasteiger partial charge on any atom is 0.573 e. The Morgan fingerprint density at radius 3 is 2.59 bits per heavy atom. The zero-order valence-corrected chi connectivity index (χ0v) is 24.0. The molecule has 2 aliphatic heterocycles. The number of nitro benzene ring substituents is 1. The molecule has 1 fully saturated rings. The SMILES string of the molecule is CC(C)(C)OC(=O)N1CCOC(c2nc3nccc(C4=CCN(C(=O)c5ccc(OC(F)(F)F)cc5[N+](=O)[O-])CC4)c3[nH]2)C1. The maximum atomic E-state index is 13.2. The predicted octanol–water partition coefficient (Wildman–Crippen LogP) is 5.00. The van der Waals surface area contributed by atoms with Crippen LogP contribution in [0, 0.1) is 10.1 Å². The number of H-pyrrole nitrogens is 1. The Morgan fingerprint density at radius 2 is 1.93 bits per heavy atom. The topological polar surface area (TPSA) is 153 Å². The van der Waals surface area contributed by atoms with E-state index >= 15 is 0 Å². The molecule has 0 saturated carbocycles. The average molecular weight is 619 g/mol. The Kier molecular flexibility index (Phi) is 8.20. The van der Waals surface area contributed by atoms with Gasteiger partial charge in [0.1, 0.15) is 28.8 Å². The molecule has 234 valence electrons. The molecule has 1 atom stereocenters. The lowest BCUT2D eigenvalue weighted by molar-refractivity contribution is -0.385. The summed E-state index contributed by atoms with van der Waals surface area (Å²) in [5.41, 5.74) is 0.970. The number of aromatic nitrogens is 3. The zero-order valence-electron chi connectivity index (χ0n) is 24.0. The van der Waals surface area contributed by atoms with E-state index in [9.17, 15) is 32.9 Å². The Bertz CT molecular complexity index is 1630. The molecule has 1 aromatic carbocycles. The van der Waals surface area contributed by atoms with E-state index < -0.39 is 46.4 Å². The van der Waals surface area contributed by atoms with Crippen molar-refractivity contribution in [2.75, 3.05) is 32.8 Å². The highest BCUT2D eigenvalue weighted by atomic mass is 19.4. The molecule has 16 heteroatoms. The number of carbonyl (C=O) groups is 2. The van der Waals surface area contributed by atoms with Crippen molar-refractivity contribution in [3.05, 3.63) is 63.6 Å². The molecule has 2 aliphatic rings. The Morgan fingerprint density at radius 1 is 1.16 bits per heavy atom. The van der Waals surface area contributed by atoms with Crippen molar-refractivity contribution in [2.24, 2.45) is 0 Å². The quantitative estimate of drug-likeness (QED) is 0.307. The molecule has 0 radical (unpaired) electrons. The number of pyridine rings is 1. The minimum atomic E-state index is -5.04. The molecule has 13 nitrogen and oxygen atoms in total. The number of alkyl halides is 3. The van der Waals surface area contributed by atoms with Crippen LogP contribution in [0.4, 0.5) is 23.7 Å². The van der Waals surface area contributed by atoms with Crippen LogP contribution in [0.1, 0.15) is 55.0 Å². The highest BCUT2D eigenvalue weighted by Gasteiger charge is 2.34. The van der Waals surface area contributed by atoms with E-state index in [4.69, 9.17) is 9.47 Å². The number of benzene rings is 1. The first kappa shape index (κ1) is 30.7. The van der Waals surface area contributed by atoms with Gasteiger partial charge in [0.2, 0.25) is 0 Å². The standard InChI is InChI=1S/C28H29F3N6O7/c1-27(2,3)44-26(39)36-12-13-42-21(15-36)23-33-22-18(6-9-32-24(22)34-23)16-7-10-35(11-8-16)25(38)19-5-4-17(43-28(29,30)31)14-20(19)37(40)41/h4-7,9,14,21H,8,10-13,15H2,1-3H3,(H,32,33,34). The van der Waals surface area contributed by atoms with Crippen molar-refractivity contribution >= 4 is 34.4 Å². The van der Waals surface area contributed by atoms with Crippen LogP contribution in [-0.4, -0.2) is 86.4 Å². The van der Waals surface area contributed by atoms with E-state index in [-0.39, 0.29) is 25.2 Å². The van der Waals surface area contributed by atoms with E-state index in [0.717, 1.165) is 23.3 Å². The number of fused-ring (bicyclic) bond motifs is 1. The number of nitrogens with one attached hydrogen (secondary N) is 1. The number of amides is 2. The van der Waals surface area contributed by atoms with Crippen LogP contribution in [0.3, 0.4) is 0 Å². The molecule has 5 rings (SSSR count). The normalized spacial score (nSPS) is 17.8. The molecule has 1 N–H and O–H groups in total. The van der Waals surface area contributed by atoms with Crippen LogP contribution in [0.15, 0.2) is 36.5 Å². The summed E-state index contributed by atoms with van der Waals surface area (Å²) in [6, 6.07) is 4.20. The largest absolute Gasteiger partial charge is 0.573 e. The third-order valence-corrected chi connectivity index (χ3v) is 6.91. The first-order valence-corrected chi connectivity index (χ1v) is 13.7. The van der Waals surface area contributed by atoms with Crippen molar-refractivity contribution in [2.45, 2.75) is 45.3 Å². The summed E-state index contributed by atoms with van der Waals surface area (Å²) in [5.74, 6) is -0.997. The molecule has 4 heterocycles. The van der Waals surface area contributed by atoms with Crippen molar-refractivity contribution in [1.82, 2.24) is 24.8 Å². The summed E-state index contributed by atoms with van der Waals surface area (Å²) in [7, 11) is 0. The van der Waals surface area contributed by atoms with Gasteiger partial charge in [-0.25, -0.2) is 14.8 Å². The fourth-order valence-electron chi connectivity index (χ4n) is 4.97. The second-order valence-electron chi connectivity index (χ2n) is 11.2. The fourth-order valence-corrected chi connectivity index (χ4v) is 4.97. The van der Waals surface area contributed by atoms with E-state index in [1.807, 2.05) is 0 Å². The van der Waals surface area contributed by atoms with Gasteiger partial charge in [-0.3, -0.25) is 14.9 Å². The third-order valence-electron chi connectivity index (χ3n) is 6.91. The summed E-state index contributed by atoms with van der Waals surface area (Å²) in [6.07, 6.45) is -2.23. The van der Waals surface area contributed by atoms with Crippen LogP contribution < -0.4 is 4.74 Å². The zero-order chi connectivity index (χ0) is 31.8. The second kappa shape index (κ2) is 11.7. The van der Waals surface area contributed by atoms with E-state index in [2.05, 4.69) is 19.7 Å². The number of hydrogen-bond donors (Lipinski definition) is 1. The number of morpholine rings is 1. The van der Waals surface area contributed by atoms with Gasteiger partial charge in [0.15, 0.2) is 5.65 Å². The minimum absolute atomic E-state index is 0.105. The van der Waals surface area contributed by atoms with Gasteiger partial charge in [0.05, 0.1) is 29.7 Å². The molecule has 2 aromatic heterocycles. The molecule has 0 bridgehead atoms. The van der Waals surface area contributed by atoms with Gasteiger partial charge >= 0.3 is 12.5 Å². The predicted molar refractivity (Wildman–Crippen MR) is 149 cm³/mol. The van der Waals surface area contributed by atoms with Gasteiger partial charge in [-0.2, -0.15) is 0 Å². The molecule has 0 aliphatic carbocycles. The molecular formula is C28H29F3N6O7. The smallest absolute Gasteiger partial charge is 0.444 e. The van der Waals surface area contributed by atoms with Gasteiger partial charge in [-0.05, 0) is 51.0 Å².